The van der Waals surface area contributed by atoms with Gasteiger partial charge in [0.1, 0.15) is 22.7 Å². The molecule has 0 saturated carbocycles. The Morgan fingerprint density at radius 2 is 1.83 bits per heavy atom. The van der Waals surface area contributed by atoms with Crippen LogP contribution in [0, 0.1) is 0 Å². The minimum Gasteiger partial charge on any atom is -0.494 e. The maximum absolute atomic E-state index is 14.7. The molecule has 0 fully saturated rings. The molecular formula is C29H24F7N5O7. The van der Waals surface area contributed by atoms with E-state index in [0.717, 1.165) is 43.6 Å². The van der Waals surface area contributed by atoms with Crippen LogP contribution in [0.3, 0.4) is 0 Å². The zero-order valence-electron chi connectivity index (χ0n) is 24.7. The van der Waals surface area contributed by atoms with Crippen molar-refractivity contribution < 1.29 is 64.4 Å². The Labute approximate surface area is 265 Å². The van der Waals surface area contributed by atoms with Crippen molar-refractivity contribution in [1.29, 1.82) is 0 Å². The zero-order chi connectivity index (χ0) is 35.2. The summed E-state index contributed by atoms with van der Waals surface area (Å²) in [5.74, 6) is -3.45. The van der Waals surface area contributed by atoms with Crippen LogP contribution in [-0.4, -0.2) is 64.4 Å². The average Bonchev–Trinajstić information content (AvgIpc) is 3.58. The molecule has 2 aromatic carbocycles. The van der Waals surface area contributed by atoms with Crippen LogP contribution in [0.5, 0.6) is 23.0 Å². The van der Waals surface area contributed by atoms with E-state index in [1.54, 1.807) is 0 Å². The fourth-order valence-electron chi connectivity index (χ4n) is 4.87. The average molecular weight is 688 g/mol. The molecule has 0 bridgehead atoms. The first-order valence-corrected chi connectivity index (χ1v) is 13.7. The van der Waals surface area contributed by atoms with Gasteiger partial charge in [-0.1, -0.05) is 0 Å². The number of nitrogens with two attached hydrogens (primary N) is 1. The number of hydrogen-bond donors (Lipinski definition) is 3. The Kier molecular flexibility index (Phi) is 8.76. The van der Waals surface area contributed by atoms with Crippen molar-refractivity contribution in [2.75, 3.05) is 20.3 Å². The molecule has 0 spiro atoms. The molecule has 2 aromatic heterocycles. The molecule has 19 heteroatoms. The Morgan fingerprint density at radius 3 is 2.46 bits per heavy atom. The first kappa shape index (κ1) is 34.0. The van der Waals surface area contributed by atoms with E-state index in [4.69, 9.17) is 15.2 Å². The van der Waals surface area contributed by atoms with Gasteiger partial charge in [0.15, 0.2) is 11.5 Å². The number of carbonyl (C=O) groups is 2. The molecule has 1 aliphatic rings. The molecule has 5 rings (SSSR count). The SMILES string of the molecule is CCOc1c(CC(N)=O)cc([C@@](O)(CNC(=O)c2cc(OC)c3nn(C(F)F)cc3c2)C(F)(F)F)nc1-c1ccc2c(c1)OC(F)(F)O2. The Hall–Kier alpha value is -5.33. The molecule has 48 heavy (non-hydrogen) atoms. The fourth-order valence-corrected chi connectivity index (χ4v) is 4.87. The number of methoxy groups -OCH3 is 1. The van der Waals surface area contributed by atoms with E-state index in [1.165, 1.54) is 6.92 Å². The van der Waals surface area contributed by atoms with Gasteiger partial charge in [0.05, 0.1) is 32.4 Å². The van der Waals surface area contributed by atoms with Gasteiger partial charge < -0.3 is 35.1 Å². The van der Waals surface area contributed by atoms with E-state index in [2.05, 4.69) is 19.6 Å². The number of aromatic nitrogens is 3. The molecule has 1 atom stereocenters. The normalized spacial score (nSPS) is 15.0. The molecule has 4 N–H and O–H groups in total. The predicted molar refractivity (Wildman–Crippen MR) is 150 cm³/mol. The zero-order valence-corrected chi connectivity index (χ0v) is 24.7. The third-order valence-electron chi connectivity index (χ3n) is 7.05. The molecular weight excluding hydrogens is 663 g/mol. The van der Waals surface area contributed by atoms with Crippen LogP contribution in [0.15, 0.2) is 42.6 Å². The number of aliphatic hydroxyl groups is 1. The second kappa shape index (κ2) is 12.4. The fraction of sp³-hybridized carbons (Fsp3) is 0.310. The van der Waals surface area contributed by atoms with Crippen molar-refractivity contribution in [3.63, 3.8) is 0 Å². The first-order valence-electron chi connectivity index (χ1n) is 13.7. The van der Waals surface area contributed by atoms with Gasteiger partial charge in [-0.15, -0.1) is 8.78 Å². The van der Waals surface area contributed by atoms with Crippen LogP contribution in [-0.2, 0) is 16.8 Å². The van der Waals surface area contributed by atoms with Gasteiger partial charge in [0, 0.05) is 28.3 Å². The quantitative estimate of drug-likeness (QED) is 0.194. The molecule has 2 amide bonds. The number of carbonyl (C=O) groups excluding carboxylic acids is 2. The summed E-state index contributed by atoms with van der Waals surface area (Å²) >= 11 is 0. The number of rotatable bonds is 11. The van der Waals surface area contributed by atoms with E-state index in [1.807, 2.05) is 5.32 Å². The standard InChI is InChI=1S/C29H24F7N5O7/c1-3-46-24-14(10-21(37)42)9-20(39-23(24)13-4-5-17-18(7-13)48-29(35,36)47-17)27(44,28(32,33)34)12-38-25(43)15-6-16-11-41(26(30)31)40-22(16)19(8-15)45-2/h4-9,11,26,44H,3,10,12H2,1-2H3,(H2,37,42)(H,38,43)/t27-/m0/s1. The molecule has 0 aliphatic carbocycles. The Bertz CT molecular complexity index is 1900. The van der Waals surface area contributed by atoms with E-state index in [-0.39, 0.29) is 51.4 Å². The van der Waals surface area contributed by atoms with Gasteiger partial charge in [-0.25, -0.2) is 9.67 Å². The van der Waals surface area contributed by atoms with Crippen molar-refractivity contribution >= 4 is 22.7 Å². The monoisotopic (exact) mass is 687 g/mol. The highest BCUT2D eigenvalue weighted by atomic mass is 19.4. The van der Waals surface area contributed by atoms with E-state index in [0.29, 0.717) is 10.7 Å². The van der Waals surface area contributed by atoms with Gasteiger partial charge in [-0.3, -0.25) is 9.59 Å². The second-order valence-corrected chi connectivity index (χ2v) is 10.3. The molecule has 0 saturated heterocycles. The van der Waals surface area contributed by atoms with Crippen LogP contribution >= 0.6 is 0 Å². The maximum atomic E-state index is 14.7. The number of fused-ring (bicyclic) bond motifs is 2. The lowest BCUT2D eigenvalue weighted by Crippen LogP contribution is -2.51. The van der Waals surface area contributed by atoms with Crippen molar-refractivity contribution in [3.05, 3.63) is 59.4 Å². The molecule has 0 unspecified atom stereocenters. The molecule has 1 aliphatic heterocycles. The maximum Gasteiger partial charge on any atom is 0.586 e. The number of primary amides is 1. The predicted octanol–water partition coefficient (Wildman–Crippen LogP) is 4.43. The molecule has 256 valence electrons. The number of halogens is 7. The second-order valence-electron chi connectivity index (χ2n) is 10.3. The van der Waals surface area contributed by atoms with Crippen LogP contribution in [0.25, 0.3) is 22.2 Å². The van der Waals surface area contributed by atoms with Crippen LogP contribution in [0.2, 0.25) is 0 Å². The number of alkyl halides is 7. The lowest BCUT2D eigenvalue weighted by molar-refractivity contribution is -0.286. The Morgan fingerprint density at radius 1 is 1.12 bits per heavy atom. The summed E-state index contributed by atoms with van der Waals surface area (Å²) < 4.78 is 118. The van der Waals surface area contributed by atoms with Crippen LogP contribution in [0.1, 0.15) is 35.1 Å². The third kappa shape index (κ3) is 6.44. The number of benzene rings is 2. The van der Waals surface area contributed by atoms with Gasteiger partial charge in [-0.05, 0) is 43.3 Å². The summed E-state index contributed by atoms with van der Waals surface area (Å²) in [6, 6.07) is 6.01. The highest BCUT2D eigenvalue weighted by Gasteiger charge is 2.57. The minimum absolute atomic E-state index is 0.00119. The summed E-state index contributed by atoms with van der Waals surface area (Å²) in [7, 11) is 1.16. The summed E-state index contributed by atoms with van der Waals surface area (Å²) in [6.07, 6.45) is -9.36. The highest BCUT2D eigenvalue weighted by Crippen LogP contribution is 2.46. The first-order chi connectivity index (χ1) is 22.5. The van der Waals surface area contributed by atoms with Gasteiger partial charge >= 0.3 is 19.0 Å². The molecule has 3 heterocycles. The van der Waals surface area contributed by atoms with Gasteiger partial charge in [0.2, 0.25) is 11.5 Å². The number of ether oxygens (including phenoxy) is 4. The van der Waals surface area contributed by atoms with Crippen molar-refractivity contribution in [2.45, 2.75) is 38.0 Å². The van der Waals surface area contributed by atoms with E-state index >= 15 is 0 Å². The third-order valence-corrected chi connectivity index (χ3v) is 7.05. The van der Waals surface area contributed by atoms with Crippen molar-refractivity contribution in [2.24, 2.45) is 5.73 Å². The number of nitrogens with one attached hydrogen (secondary N) is 1. The van der Waals surface area contributed by atoms with Crippen LogP contribution < -0.4 is 30.0 Å². The number of hydrogen-bond acceptors (Lipinski definition) is 9. The van der Waals surface area contributed by atoms with E-state index < -0.39 is 66.5 Å². The van der Waals surface area contributed by atoms with Crippen molar-refractivity contribution in [1.82, 2.24) is 20.1 Å². The topological polar surface area (TPSA) is 160 Å². The smallest absolute Gasteiger partial charge is 0.494 e. The molecule has 4 aromatic rings. The number of nitrogens with zero attached hydrogens (tertiary/aromatic N) is 3. The van der Waals surface area contributed by atoms with Crippen molar-refractivity contribution in [3.8, 4) is 34.3 Å². The van der Waals surface area contributed by atoms with Gasteiger partial charge in [0.25, 0.3) is 5.91 Å². The lowest BCUT2D eigenvalue weighted by atomic mass is 9.93. The van der Waals surface area contributed by atoms with E-state index in [9.17, 15) is 45.4 Å². The highest BCUT2D eigenvalue weighted by molar-refractivity contribution is 6.00. The van der Waals surface area contributed by atoms with Gasteiger partial charge in [-0.2, -0.15) is 27.1 Å². The lowest BCUT2D eigenvalue weighted by Gasteiger charge is -2.31. The summed E-state index contributed by atoms with van der Waals surface area (Å²) in [4.78, 5) is 29.0. The summed E-state index contributed by atoms with van der Waals surface area (Å²) in [5, 5.41) is 16.8. The van der Waals surface area contributed by atoms with Crippen LogP contribution in [0.4, 0.5) is 30.7 Å². The largest absolute Gasteiger partial charge is 0.586 e. The number of amides is 2. The minimum atomic E-state index is -5.53. The number of pyridine rings is 1. The Balaban J connectivity index is 1.58. The summed E-state index contributed by atoms with van der Waals surface area (Å²) in [5.41, 5.74) is -0.926. The molecule has 0 radical (unpaired) electrons. The molecule has 12 nitrogen and oxygen atoms in total. The summed E-state index contributed by atoms with van der Waals surface area (Å²) in [6.45, 7) is -3.16.